The lowest BCUT2D eigenvalue weighted by atomic mass is 10.1. The van der Waals surface area contributed by atoms with Gasteiger partial charge in [-0.15, -0.1) is 0 Å². The summed E-state index contributed by atoms with van der Waals surface area (Å²) in [5.74, 6) is 0.616. The van der Waals surface area contributed by atoms with Crippen molar-refractivity contribution >= 4 is 33.2 Å². The van der Waals surface area contributed by atoms with Crippen molar-refractivity contribution in [2.75, 3.05) is 32.8 Å². The fourth-order valence-electron chi connectivity index (χ4n) is 4.30. The van der Waals surface area contributed by atoms with Gasteiger partial charge >= 0.3 is 0 Å². The normalized spacial score (nSPS) is 17.2. The summed E-state index contributed by atoms with van der Waals surface area (Å²) in [6.45, 7) is 2.25. The molecule has 12 heteroatoms. The summed E-state index contributed by atoms with van der Waals surface area (Å²) in [6, 6.07) is 14.6. The van der Waals surface area contributed by atoms with E-state index in [0.717, 1.165) is 11.0 Å². The smallest absolute Gasteiger partial charge is 0.271 e. The molecule has 1 heterocycles. The van der Waals surface area contributed by atoms with E-state index in [1.54, 1.807) is 24.3 Å². The van der Waals surface area contributed by atoms with Crippen molar-refractivity contribution in [1.82, 2.24) is 0 Å². The molecule has 0 aromatic heterocycles. The number of nitro benzene ring substituents is 1. The highest BCUT2D eigenvalue weighted by molar-refractivity contribution is 7.97. The minimum absolute atomic E-state index is 0.0640. The fraction of sp³-hybridized carbons (Fsp3) is 0.222. The molecule has 1 saturated heterocycles. The van der Waals surface area contributed by atoms with Crippen LogP contribution in [-0.2, 0) is 14.6 Å². The molecule has 1 amide bonds. The fourth-order valence-corrected chi connectivity index (χ4v) is 6.17. The molecule has 11 nitrogen and oxygen atoms in total. The van der Waals surface area contributed by atoms with Gasteiger partial charge in [0.1, 0.15) is 16.4 Å². The summed E-state index contributed by atoms with van der Waals surface area (Å²) in [7, 11) is -0.133. The average Bonchev–Trinajstić information content (AvgIpc) is 3.13. The van der Waals surface area contributed by atoms with Crippen molar-refractivity contribution in [2.24, 2.45) is 0 Å². The lowest BCUT2D eigenvalue weighted by Crippen LogP contribution is -2.29. The van der Waals surface area contributed by atoms with E-state index in [-0.39, 0.29) is 28.3 Å². The molecule has 1 aliphatic heterocycles. The highest BCUT2D eigenvalue weighted by atomic mass is 32.2. The van der Waals surface area contributed by atoms with E-state index in [9.17, 15) is 23.3 Å². The molecule has 3 aromatic carbocycles. The highest BCUT2D eigenvalue weighted by Gasteiger charge is 2.50. The Hall–Kier alpha value is -4.58. The summed E-state index contributed by atoms with van der Waals surface area (Å²) in [6.07, 6.45) is 1.21. The van der Waals surface area contributed by atoms with E-state index < -0.39 is 30.9 Å². The molecule has 1 atom stereocenters. The molecular formula is C27H26N2O9S. The third kappa shape index (κ3) is 5.10. The number of non-ortho nitro benzene ring substituents is 1. The second kappa shape index (κ2) is 11.0. The number of benzene rings is 3. The minimum Gasteiger partial charge on any atom is -0.496 e. The van der Waals surface area contributed by atoms with Gasteiger partial charge in [0.2, 0.25) is 9.84 Å². The number of amides is 1. The quantitative estimate of drug-likeness (QED) is 0.212. The molecule has 0 aliphatic carbocycles. The van der Waals surface area contributed by atoms with E-state index in [1.807, 2.05) is 6.92 Å². The van der Waals surface area contributed by atoms with Gasteiger partial charge in [-0.25, -0.2) is 8.42 Å². The Kier molecular flexibility index (Phi) is 7.77. The SMILES string of the molecule is CCOc1ccc(N2C(=O)C(=Cc3cc(OC)c(OC)cc3OC)S(=O)(=O)C2c2cccc([N+](=O)[O-])c2)cc1. The van der Waals surface area contributed by atoms with Crippen LogP contribution in [0.15, 0.2) is 65.6 Å². The third-order valence-electron chi connectivity index (χ3n) is 6.08. The molecule has 1 fully saturated rings. The van der Waals surface area contributed by atoms with Gasteiger partial charge in [0.25, 0.3) is 11.6 Å². The van der Waals surface area contributed by atoms with Crippen molar-refractivity contribution in [1.29, 1.82) is 0 Å². The number of methoxy groups -OCH3 is 3. The predicted molar refractivity (Wildman–Crippen MR) is 144 cm³/mol. The number of anilines is 1. The molecule has 3 aromatic rings. The number of hydrogen-bond donors (Lipinski definition) is 0. The minimum atomic E-state index is -4.39. The van der Waals surface area contributed by atoms with Gasteiger partial charge in [0.05, 0.1) is 32.9 Å². The summed E-state index contributed by atoms with van der Waals surface area (Å²) < 4.78 is 49.5. The molecule has 0 saturated carbocycles. The number of carbonyl (C=O) groups is 1. The lowest BCUT2D eigenvalue weighted by Gasteiger charge is -2.23. The summed E-state index contributed by atoms with van der Waals surface area (Å²) in [4.78, 5) is 25.2. The molecule has 0 N–H and O–H groups in total. The van der Waals surface area contributed by atoms with Gasteiger partial charge in [-0.2, -0.15) is 0 Å². The van der Waals surface area contributed by atoms with E-state index >= 15 is 0 Å². The summed E-state index contributed by atoms with van der Waals surface area (Å²) in [5, 5.41) is 9.89. The number of hydrogen-bond acceptors (Lipinski definition) is 9. The Bertz CT molecular complexity index is 1550. The average molecular weight is 555 g/mol. The van der Waals surface area contributed by atoms with Crippen molar-refractivity contribution < 1.29 is 37.1 Å². The Labute approximate surface area is 225 Å². The molecular weight excluding hydrogens is 528 g/mol. The first-order valence-corrected chi connectivity index (χ1v) is 13.3. The zero-order chi connectivity index (χ0) is 28.3. The van der Waals surface area contributed by atoms with Crippen LogP contribution in [0.2, 0.25) is 0 Å². The Morgan fingerprint density at radius 3 is 2.18 bits per heavy atom. The second-order valence-corrected chi connectivity index (χ2v) is 10.3. The van der Waals surface area contributed by atoms with E-state index in [2.05, 4.69) is 0 Å². The number of nitrogens with zero attached hydrogens (tertiary/aromatic N) is 2. The van der Waals surface area contributed by atoms with E-state index in [4.69, 9.17) is 18.9 Å². The molecule has 39 heavy (non-hydrogen) atoms. The van der Waals surface area contributed by atoms with Crippen molar-refractivity contribution in [2.45, 2.75) is 12.3 Å². The molecule has 0 bridgehead atoms. The summed E-state index contributed by atoms with van der Waals surface area (Å²) in [5.41, 5.74) is 0.287. The number of carbonyl (C=O) groups excluding carboxylic acids is 1. The first-order valence-electron chi connectivity index (χ1n) is 11.7. The number of ether oxygens (including phenoxy) is 4. The van der Waals surface area contributed by atoms with Crippen molar-refractivity contribution in [3.8, 4) is 23.0 Å². The zero-order valence-electron chi connectivity index (χ0n) is 21.6. The largest absolute Gasteiger partial charge is 0.496 e. The maximum atomic E-state index is 14.0. The van der Waals surface area contributed by atoms with Gasteiger partial charge in [0, 0.05) is 29.4 Å². The van der Waals surface area contributed by atoms with Crippen LogP contribution in [-0.4, -0.2) is 47.2 Å². The Morgan fingerprint density at radius 1 is 0.949 bits per heavy atom. The molecule has 0 radical (unpaired) electrons. The van der Waals surface area contributed by atoms with Crippen LogP contribution >= 0.6 is 0 Å². The molecule has 204 valence electrons. The van der Waals surface area contributed by atoms with Crippen LogP contribution in [0, 0.1) is 10.1 Å². The molecule has 1 unspecified atom stereocenters. The third-order valence-corrected chi connectivity index (χ3v) is 8.06. The van der Waals surface area contributed by atoms with E-state index in [0.29, 0.717) is 23.9 Å². The van der Waals surface area contributed by atoms with Crippen LogP contribution in [0.4, 0.5) is 11.4 Å². The van der Waals surface area contributed by atoms with Crippen molar-refractivity contribution in [3.63, 3.8) is 0 Å². The standard InChI is InChI=1S/C27H26N2O9S/c1-5-38-21-11-9-19(10-12-21)28-26(30)25(15-18-14-23(36-3)24(37-4)16-22(18)35-2)39(33,34)27(28)17-7-6-8-20(13-17)29(31)32/h6-16,27H,5H2,1-4H3. The van der Waals surface area contributed by atoms with Crippen LogP contribution in [0.25, 0.3) is 6.08 Å². The number of sulfone groups is 1. The van der Waals surface area contributed by atoms with Gasteiger partial charge in [-0.3, -0.25) is 19.8 Å². The first kappa shape index (κ1) is 27.5. The molecule has 0 spiro atoms. The monoisotopic (exact) mass is 554 g/mol. The molecule has 1 aliphatic rings. The summed E-state index contributed by atoms with van der Waals surface area (Å²) >= 11 is 0. The Balaban J connectivity index is 1.94. The first-order chi connectivity index (χ1) is 18.7. The maximum absolute atomic E-state index is 14.0. The number of rotatable bonds is 9. The zero-order valence-corrected chi connectivity index (χ0v) is 22.4. The van der Waals surface area contributed by atoms with Crippen LogP contribution < -0.4 is 23.8 Å². The van der Waals surface area contributed by atoms with Crippen LogP contribution in [0.1, 0.15) is 23.4 Å². The van der Waals surface area contributed by atoms with Crippen LogP contribution in [0.3, 0.4) is 0 Å². The molecule has 4 rings (SSSR count). The van der Waals surface area contributed by atoms with Gasteiger partial charge in [-0.1, -0.05) is 12.1 Å². The highest BCUT2D eigenvalue weighted by Crippen LogP contribution is 2.45. The Morgan fingerprint density at radius 2 is 1.59 bits per heavy atom. The topological polar surface area (TPSA) is 135 Å². The van der Waals surface area contributed by atoms with Crippen LogP contribution in [0.5, 0.6) is 23.0 Å². The maximum Gasteiger partial charge on any atom is 0.271 e. The number of nitro groups is 1. The van der Waals surface area contributed by atoms with Gasteiger partial charge < -0.3 is 18.9 Å². The van der Waals surface area contributed by atoms with E-state index in [1.165, 1.54) is 57.7 Å². The van der Waals surface area contributed by atoms with Crippen molar-refractivity contribution in [3.05, 3.63) is 86.8 Å². The van der Waals surface area contributed by atoms with Gasteiger partial charge in [0.15, 0.2) is 16.9 Å². The van der Waals surface area contributed by atoms with Gasteiger partial charge in [-0.05, 0) is 48.9 Å². The lowest BCUT2D eigenvalue weighted by molar-refractivity contribution is -0.384. The second-order valence-electron chi connectivity index (χ2n) is 8.31. The predicted octanol–water partition coefficient (Wildman–Crippen LogP) is 4.52.